The lowest BCUT2D eigenvalue weighted by Crippen LogP contribution is -2.60. The normalized spacial score (nSPS) is 15.4. The van der Waals surface area contributed by atoms with Crippen LogP contribution in [0, 0.1) is 0 Å². The second-order valence-electron chi connectivity index (χ2n) is 10.6. The monoisotopic (exact) mass is 519 g/mol. The number of fused-ring (bicyclic) bond motifs is 1. The molecule has 0 saturated heterocycles. The third-order valence-electron chi connectivity index (χ3n) is 6.98. The van der Waals surface area contributed by atoms with E-state index in [9.17, 15) is 18.3 Å². The van der Waals surface area contributed by atoms with Crippen LogP contribution in [-0.2, 0) is 15.4 Å². The van der Waals surface area contributed by atoms with Crippen LogP contribution in [0.15, 0.2) is 70.4 Å². The Labute approximate surface area is 215 Å². The number of carboxylic acid groups (broad SMARTS) is 1. The van der Waals surface area contributed by atoms with E-state index in [4.69, 9.17) is 4.42 Å². The van der Waals surface area contributed by atoms with Crippen LogP contribution in [0.1, 0.15) is 45.6 Å². The van der Waals surface area contributed by atoms with Gasteiger partial charge >= 0.3 is 6.09 Å². The molecule has 9 heteroatoms. The van der Waals surface area contributed by atoms with E-state index in [1.165, 1.54) is 6.20 Å². The maximum absolute atomic E-state index is 12.3. The topological polar surface area (TPSA) is 114 Å². The first kappa shape index (κ1) is 25.0. The lowest BCUT2D eigenvalue weighted by molar-refractivity contribution is -0.0328. The quantitative estimate of drug-likeness (QED) is 0.316. The number of hydrogen-bond donors (Lipinski definition) is 1. The van der Waals surface area contributed by atoms with Crippen LogP contribution >= 0.6 is 0 Å². The van der Waals surface area contributed by atoms with E-state index in [1.54, 1.807) is 4.90 Å². The Hall–Kier alpha value is -3.72. The molecule has 2 aromatic carbocycles. The highest BCUT2D eigenvalue weighted by molar-refractivity contribution is 7.90. The molecule has 192 valence electrons. The second kappa shape index (κ2) is 8.69. The molecule has 0 unspecified atom stereocenters. The van der Waals surface area contributed by atoms with Crippen LogP contribution in [0.4, 0.5) is 4.79 Å². The molecule has 1 aliphatic rings. The number of carbonyl (C=O) groups is 1. The number of nitrogens with zero attached hydrogens (tertiary/aromatic N) is 3. The van der Waals surface area contributed by atoms with Crippen LogP contribution < -0.4 is 0 Å². The van der Waals surface area contributed by atoms with E-state index in [-0.39, 0.29) is 10.9 Å². The van der Waals surface area contributed by atoms with Crippen molar-refractivity contribution in [3.8, 4) is 22.5 Å². The van der Waals surface area contributed by atoms with Crippen molar-refractivity contribution < 1.29 is 22.7 Å². The molecule has 1 aliphatic carbocycles. The van der Waals surface area contributed by atoms with Crippen molar-refractivity contribution in [1.29, 1.82) is 0 Å². The van der Waals surface area contributed by atoms with E-state index in [0.29, 0.717) is 11.1 Å². The number of sulfone groups is 1. The molecular weight excluding hydrogens is 490 g/mol. The smallest absolute Gasteiger partial charge is 0.408 e. The molecule has 8 nitrogen and oxygen atoms in total. The van der Waals surface area contributed by atoms with Crippen molar-refractivity contribution in [2.75, 3.05) is 6.26 Å². The van der Waals surface area contributed by atoms with Gasteiger partial charge in [-0.3, -0.25) is 4.90 Å². The number of furan rings is 1. The van der Waals surface area contributed by atoms with Crippen LogP contribution in [-0.4, -0.2) is 46.3 Å². The van der Waals surface area contributed by atoms with E-state index >= 15 is 0 Å². The van der Waals surface area contributed by atoms with Gasteiger partial charge in [0.2, 0.25) is 20.7 Å². The van der Waals surface area contributed by atoms with Gasteiger partial charge in [-0.1, -0.05) is 54.6 Å². The second-order valence-corrected chi connectivity index (χ2v) is 12.5. The van der Waals surface area contributed by atoms with Crippen LogP contribution in [0.25, 0.3) is 33.6 Å². The summed E-state index contributed by atoms with van der Waals surface area (Å²) >= 11 is 0. The van der Waals surface area contributed by atoms with Crippen LogP contribution in [0.3, 0.4) is 0 Å². The zero-order valence-electron chi connectivity index (χ0n) is 21.2. The van der Waals surface area contributed by atoms with Gasteiger partial charge in [-0.25, -0.2) is 18.2 Å². The summed E-state index contributed by atoms with van der Waals surface area (Å²) in [6, 6.07) is 17.4. The van der Waals surface area contributed by atoms with Gasteiger partial charge < -0.3 is 9.52 Å². The largest absolute Gasteiger partial charge is 0.465 e. The predicted molar refractivity (Wildman–Crippen MR) is 141 cm³/mol. The fourth-order valence-corrected chi connectivity index (χ4v) is 5.83. The molecule has 1 fully saturated rings. The van der Waals surface area contributed by atoms with Gasteiger partial charge in [-0.2, -0.15) is 4.98 Å². The predicted octanol–water partition coefficient (Wildman–Crippen LogP) is 6.12. The summed E-state index contributed by atoms with van der Waals surface area (Å²) in [6.07, 6.45) is 4.10. The van der Waals surface area contributed by atoms with Gasteiger partial charge in [0.05, 0.1) is 10.9 Å². The Morgan fingerprint density at radius 3 is 2.19 bits per heavy atom. The Balaban J connectivity index is 1.65. The summed E-state index contributed by atoms with van der Waals surface area (Å²) in [4.78, 5) is 22.1. The molecule has 0 atom stereocenters. The molecule has 2 aromatic heterocycles. The highest BCUT2D eigenvalue weighted by atomic mass is 32.2. The Bertz CT molecular complexity index is 1580. The van der Waals surface area contributed by atoms with Crippen molar-refractivity contribution >= 4 is 27.0 Å². The molecule has 4 aromatic rings. The highest BCUT2D eigenvalue weighted by Crippen LogP contribution is 2.50. The van der Waals surface area contributed by atoms with Gasteiger partial charge in [-0.15, -0.1) is 0 Å². The van der Waals surface area contributed by atoms with Gasteiger partial charge in [-0.05, 0) is 51.2 Å². The van der Waals surface area contributed by atoms with Crippen LogP contribution in [0.2, 0.25) is 0 Å². The third kappa shape index (κ3) is 4.27. The van der Waals surface area contributed by atoms with Gasteiger partial charge in [0.25, 0.3) is 0 Å². The lowest BCUT2D eigenvalue weighted by Gasteiger charge is -2.54. The fraction of sp³-hybridized carbons (Fsp3) is 0.321. The number of hydrogen-bond acceptors (Lipinski definition) is 6. The first-order valence-corrected chi connectivity index (χ1v) is 14.0. The SMILES string of the molecule is CC(C)(C)N(C(=O)O)C1(c2ccc(-c3oc4nc(S(C)(=O)=O)ncc4c3-c3ccccc3)cc2)CCC1. The molecule has 2 heterocycles. The minimum absolute atomic E-state index is 0.189. The van der Waals surface area contributed by atoms with Crippen molar-refractivity contribution in [2.24, 2.45) is 0 Å². The first-order chi connectivity index (χ1) is 17.4. The Kier molecular flexibility index (Phi) is 5.86. The minimum atomic E-state index is -3.61. The molecule has 0 aliphatic heterocycles. The molecule has 0 bridgehead atoms. The first-order valence-electron chi connectivity index (χ1n) is 12.1. The zero-order valence-corrected chi connectivity index (χ0v) is 22.0. The van der Waals surface area contributed by atoms with E-state index in [2.05, 4.69) is 9.97 Å². The van der Waals surface area contributed by atoms with Crippen molar-refractivity contribution in [2.45, 2.75) is 56.3 Å². The molecule has 1 amide bonds. The highest BCUT2D eigenvalue weighted by Gasteiger charge is 2.50. The maximum atomic E-state index is 12.3. The number of benzene rings is 2. The van der Waals surface area contributed by atoms with Crippen molar-refractivity contribution in [3.05, 3.63) is 66.4 Å². The lowest BCUT2D eigenvalue weighted by atomic mass is 9.69. The molecule has 5 rings (SSSR count). The van der Waals surface area contributed by atoms with E-state index in [1.807, 2.05) is 75.4 Å². The van der Waals surface area contributed by atoms with E-state index < -0.39 is 27.0 Å². The Morgan fingerprint density at radius 1 is 1.03 bits per heavy atom. The van der Waals surface area contributed by atoms with Gasteiger partial charge in [0, 0.05) is 29.1 Å². The number of aromatic nitrogens is 2. The summed E-state index contributed by atoms with van der Waals surface area (Å²) in [5, 5.41) is 10.4. The maximum Gasteiger partial charge on any atom is 0.408 e. The molecule has 0 spiro atoms. The molecular formula is C28H29N3O5S. The zero-order chi connectivity index (χ0) is 26.6. The average molecular weight is 520 g/mol. The third-order valence-corrected chi connectivity index (χ3v) is 7.84. The average Bonchev–Trinajstić information content (AvgIpc) is 3.19. The van der Waals surface area contributed by atoms with Crippen molar-refractivity contribution in [3.63, 3.8) is 0 Å². The summed E-state index contributed by atoms with van der Waals surface area (Å²) in [5.41, 5.74) is 2.42. The fourth-order valence-electron chi connectivity index (χ4n) is 5.34. The summed E-state index contributed by atoms with van der Waals surface area (Å²) in [6.45, 7) is 5.76. The van der Waals surface area contributed by atoms with E-state index in [0.717, 1.165) is 47.8 Å². The van der Waals surface area contributed by atoms with Crippen molar-refractivity contribution in [1.82, 2.24) is 14.9 Å². The summed E-state index contributed by atoms with van der Waals surface area (Å²) in [5.74, 6) is 0.543. The van der Waals surface area contributed by atoms with Gasteiger partial charge in [0.15, 0.2) is 0 Å². The summed E-state index contributed by atoms with van der Waals surface area (Å²) in [7, 11) is -3.61. The summed E-state index contributed by atoms with van der Waals surface area (Å²) < 4.78 is 30.2. The van der Waals surface area contributed by atoms with Crippen LogP contribution in [0.5, 0.6) is 0 Å². The molecule has 0 radical (unpaired) electrons. The molecule has 1 N–H and O–H groups in total. The Morgan fingerprint density at radius 2 is 1.68 bits per heavy atom. The standard InChI is InChI=1S/C28H29N3O5S/c1-27(2,3)31(26(32)33)28(15-8-16-28)20-13-11-19(12-14-20)23-22(18-9-6-5-7-10-18)21-17-29-25(37(4,34)35)30-24(21)36-23/h5-7,9-14,17H,8,15-16H2,1-4H3,(H,32,33). The number of amides is 1. The number of rotatable bonds is 5. The molecule has 37 heavy (non-hydrogen) atoms. The van der Waals surface area contributed by atoms with Gasteiger partial charge in [0.1, 0.15) is 5.76 Å². The molecule has 1 saturated carbocycles. The minimum Gasteiger partial charge on any atom is -0.465 e.